The van der Waals surface area contributed by atoms with Gasteiger partial charge >= 0.3 is 0 Å². The fraction of sp³-hybridized carbons (Fsp3) is 0.0625. The molecule has 4 rings (SSSR count). The van der Waals surface area contributed by atoms with Crippen molar-refractivity contribution in [3.63, 3.8) is 0 Å². The van der Waals surface area contributed by atoms with E-state index in [1.54, 1.807) is 4.52 Å². The van der Waals surface area contributed by atoms with E-state index in [1.165, 1.54) is 11.3 Å². The van der Waals surface area contributed by atoms with Crippen LogP contribution in [0.2, 0.25) is 5.02 Å². The monoisotopic (exact) mass is 341 g/mol. The minimum atomic E-state index is 0.651. The second-order valence-corrected chi connectivity index (χ2v) is 6.54. The van der Waals surface area contributed by atoms with Gasteiger partial charge in [-0.05, 0) is 29.8 Å². The third-order valence-corrected chi connectivity index (χ3v) is 4.66. The van der Waals surface area contributed by atoms with Gasteiger partial charge in [-0.25, -0.2) is 0 Å². The van der Waals surface area contributed by atoms with Crippen molar-refractivity contribution in [2.24, 2.45) is 0 Å². The SMILES string of the molecule is Nc1cccc(-c2nn3c(Cc4ccc(Cl)cc4)nnc3s2)c1. The van der Waals surface area contributed by atoms with Crippen LogP contribution in [-0.2, 0) is 6.42 Å². The smallest absolute Gasteiger partial charge is 0.234 e. The van der Waals surface area contributed by atoms with E-state index in [9.17, 15) is 0 Å². The van der Waals surface area contributed by atoms with Crippen molar-refractivity contribution in [1.82, 2.24) is 19.8 Å². The Labute approximate surface area is 141 Å². The van der Waals surface area contributed by atoms with Gasteiger partial charge in [0.05, 0.1) is 0 Å². The number of benzene rings is 2. The summed E-state index contributed by atoms with van der Waals surface area (Å²) in [6.07, 6.45) is 0.651. The summed E-state index contributed by atoms with van der Waals surface area (Å²) in [6.45, 7) is 0. The number of nitrogens with two attached hydrogens (primary N) is 1. The van der Waals surface area contributed by atoms with E-state index in [1.807, 2.05) is 48.5 Å². The van der Waals surface area contributed by atoms with E-state index in [0.29, 0.717) is 6.42 Å². The van der Waals surface area contributed by atoms with E-state index >= 15 is 0 Å². The summed E-state index contributed by atoms with van der Waals surface area (Å²) in [7, 11) is 0. The molecule has 0 atom stereocenters. The first-order valence-electron chi connectivity index (χ1n) is 7.00. The molecule has 0 amide bonds. The van der Waals surface area contributed by atoms with Gasteiger partial charge in [0.15, 0.2) is 5.82 Å². The van der Waals surface area contributed by atoms with Gasteiger partial charge in [-0.2, -0.15) is 9.61 Å². The van der Waals surface area contributed by atoms with Crippen LogP contribution in [0.15, 0.2) is 48.5 Å². The van der Waals surface area contributed by atoms with Gasteiger partial charge in [0.2, 0.25) is 4.96 Å². The molecule has 0 radical (unpaired) electrons. The van der Waals surface area contributed by atoms with Crippen LogP contribution in [-0.4, -0.2) is 19.8 Å². The Morgan fingerprint density at radius 3 is 2.70 bits per heavy atom. The standard InChI is InChI=1S/C16H12ClN5S/c17-12-6-4-10(5-7-12)8-14-19-20-16-22(14)21-15(23-16)11-2-1-3-13(18)9-11/h1-7,9H,8,18H2. The van der Waals surface area contributed by atoms with E-state index in [0.717, 1.165) is 37.6 Å². The molecule has 0 aliphatic carbocycles. The number of halogens is 1. The topological polar surface area (TPSA) is 69.1 Å². The number of nitrogens with zero attached hydrogens (tertiary/aromatic N) is 4. The molecule has 0 unspecified atom stereocenters. The second-order valence-electron chi connectivity index (χ2n) is 5.15. The molecule has 0 aliphatic heterocycles. The summed E-state index contributed by atoms with van der Waals surface area (Å²) >= 11 is 7.41. The first-order chi connectivity index (χ1) is 11.2. The van der Waals surface area contributed by atoms with Crippen molar-refractivity contribution in [1.29, 1.82) is 0 Å². The van der Waals surface area contributed by atoms with Gasteiger partial charge in [-0.3, -0.25) is 0 Å². The zero-order valence-corrected chi connectivity index (χ0v) is 13.6. The quantitative estimate of drug-likeness (QED) is 0.577. The molecule has 23 heavy (non-hydrogen) atoms. The van der Waals surface area contributed by atoms with Gasteiger partial charge < -0.3 is 5.73 Å². The second kappa shape index (κ2) is 5.64. The van der Waals surface area contributed by atoms with E-state index < -0.39 is 0 Å². The maximum absolute atomic E-state index is 5.92. The Bertz CT molecular complexity index is 974. The maximum Gasteiger partial charge on any atom is 0.234 e. The van der Waals surface area contributed by atoms with Crippen molar-refractivity contribution < 1.29 is 0 Å². The molecule has 5 nitrogen and oxygen atoms in total. The summed E-state index contributed by atoms with van der Waals surface area (Å²) < 4.78 is 1.79. The first kappa shape index (κ1) is 14.2. The number of anilines is 1. The highest BCUT2D eigenvalue weighted by Gasteiger charge is 2.13. The predicted octanol–water partition coefficient (Wildman–Crippen LogP) is 3.68. The number of hydrogen-bond donors (Lipinski definition) is 1. The number of rotatable bonds is 3. The van der Waals surface area contributed by atoms with E-state index in [4.69, 9.17) is 17.3 Å². The predicted molar refractivity (Wildman–Crippen MR) is 92.8 cm³/mol. The van der Waals surface area contributed by atoms with Crippen molar-refractivity contribution in [2.75, 3.05) is 5.73 Å². The number of fused-ring (bicyclic) bond motifs is 1. The molecule has 4 aromatic rings. The third kappa shape index (κ3) is 2.78. The lowest BCUT2D eigenvalue weighted by Crippen LogP contribution is -1.97. The molecule has 0 fully saturated rings. The van der Waals surface area contributed by atoms with Crippen LogP contribution >= 0.6 is 22.9 Å². The zero-order chi connectivity index (χ0) is 15.8. The fourth-order valence-corrected chi connectivity index (χ4v) is 3.32. The van der Waals surface area contributed by atoms with Crippen molar-refractivity contribution in [3.8, 4) is 10.6 Å². The molecule has 0 spiro atoms. The number of nitrogen functional groups attached to an aromatic ring is 1. The number of hydrogen-bond acceptors (Lipinski definition) is 5. The molecule has 2 N–H and O–H groups in total. The molecule has 114 valence electrons. The highest BCUT2D eigenvalue weighted by atomic mass is 35.5. The average Bonchev–Trinajstić information content (AvgIpc) is 3.11. The lowest BCUT2D eigenvalue weighted by Gasteiger charge is -1.99. The van der Waals surface area contributed by atoms with Crippen molar-refractivity contribution >= 4 is 33.6 Å². The first-order valence-corrected chi connectivity index (χ1v) is 8.20. The molecule has 2 aromatic carbocycles. The van der Waals surface area contributed by atoms with Gasteiger partial charge in [0.25, 0.3) is 0 Å². The Kier molecular flexibility index (Phi) is 3.48. The minimum absolute atomic E-state index is 0.651. The van der Waals surface area contributed by atoms with Crippen LogP contribution in [0.4, 0.5) is 5.69 Å². The summed E-state index contributed by atoms with van der Waals surface area (Å²) in [5.74, 6) is 0.800. The Balaban J connectivity index is 1.70. The van der Waals surface area contributed by atoms with Crippen molar-refractivity contribution in [3.05, 3.63) is 64.9 Å². The molecular weight excluding hydrogens is 330 g/mol. The summed E-state index contributed by atoms with van der Waals surface area (Å²) in [5, 5.41) is 14.7. The zero-order valence-electron chi connectivity index (χ0n) is 12.0. The largest absolute Gasteiger partial charge is 0.399 e. The lowest BCUT2D eigenvalue weighted by molar-refractivity contribution is 0.854. The molecule has 0 saturated carbocycles. The molecule has 2 heterocycles. The van der Waals surface area contributed by atoms with Crippen LogP contribution < -0.4 is 5.73 Å². The van der Waals surface area contributed by atoms with Gasteiger partial charge in [0.1, 0.15) is 5.01 Å². The average molecular weight is 342 g/mol. The van der Waals surface area contributed by atoms with Crippen LogP contribution in [0.1, 0.15) is 11.4 Å². The molecule has 7 heteroatoms. The van der Waals surface area contributed by atoms with Gasteiger partial charge in [-0.1, -0.05) is 47.2 Å². The minimum Gasteiger partial charge on any atom is -0.399 e. The number of aromatic nitrogens is 4. The summed E-state index contributed by atoms with van der Waals surface area (Å²) in [6, 6.07) is 15.4. The molecular formula is C16H12ClN5S. The van der Waals surface area contributed by atoms with Gasteiger partial charge in [-0.15, -0.1) is 10.2 Å². The normalized spacial score (nSPS) is 11.2. The molecule has 0 saturated heterocycles. The lowest BCUT2D eigenvalue weighted by atomic mass is 10.1. The Morgan fingerprint density at radius 1 is 1.09 bits per heavy atom. The molecule has 2 aromatic heterocycles. The molecule has 0 aliphatic rings. The van der Waals surface area contributed by atoms with Crippen LogP contribution in [0, 0.1) is 0 Å². The van der Waals surface area contributed by atoms with Crippen molar-refractivity contribution in [2.45, 2.75) is 6.42 Å². The Hall–Kier alpha value is -2.44. The maximum atomic E-state index is 5.92. The molecule has 0 bridgehead atoms. The third-order valence-electron chi connectivity index (χ3n) is 3.46. The van der Waals surface area contributed by atoms with Gasteiger partial charge in [0, 0.05) is 22.7 Å². The Morgan fingerprint density at radius 2 is 1.91 bits per heavy atom. The van der Waals surface area contributed by atoms with Crippen LogP contribution in [0.25, 0.3) is 15.5 Å². The highest BCUT2D eigenvalue weighted by Crippen LogP contribution is 2.27. The summed E-state index contributed by atoms with van der Waals surface area (Å²) in [4.78, 5) is 0.770. The van der Waals surface area contributed by atoms with E-state index in [2.05, 4.69) is 15.3 Å². The van der Waals surface area contributed by atoms with E-state index in [-0.39, 0.29) is 0 Å². The fourth-order valence-electron chi connectivity index (χ4n) is 2.34. The van der Waals surface area contributed by atoms with Crippen LogP contribution in [0.5, 0.6) is 0 Å². The summed E-state index contributed by atoms with van der Waals surface area (Å²) in [5.41, 5.74) is 8.66. The highest BCUT2D eigenvalue weighted by molar-refractivity contribution is 7.19. The van der Waals surface area contributed by atoms with Crippen LogP contribution in [0.3, 0.4) is 0 Å².